The number of nitrogens with one attached hydrogen (secondary N) is 1. The van der Waals surface area contributed by atoms with E-state index in [0.29, 0.717) is 6.54 Å². The van der Waals surface area contributed by atoms with Crippen molar-refractivity contribution in [1.29, 1.82) is 0 Å². The number of amides is 2. The van der Waals surface area contributed by atoms with Gasteiger partial charge in [0.15, 0.2) is 0 Å². The Hall–Kier alpha value is -2.37. The molecule has 2 heterocycles. The van der Waals surface area contributed by atoms with Crippen LogP contribution >= 0.6 is 0 Å². The lowest BCUT2D eigenvalue weighted by Gasteiger charge is -2.17. The van der Waals surface area contributed by atoms with E-state index in [9.17, 15) is 9.59 Å². The summed E-state index contributed by atoms with van der Waals surface area (Å²) in [7, 11) is 0. The third-order valence-electron chi connectivity index (χ3n) is 5.39. The summed E-state index contributed by atoms with van der Waals surface area (Å²) in [5.41, 5.74) is 1.99. The first-order chi connectivity index (χ1) is 13.6. The third-order valence-corrected chi connectivity index (χ3v) is 5.39. The highest BCUT2D eigenvalue weighted by Gasteiger charge is 2.20. The minimum Gasteiger partial charge on any atom is -0.356 e. The number of benzene rings is 1. The van der Waals surface area contributed by atoms with Crippen LogP contribution in [-0.2, 0) is 22.6 Å². The molecule has 2 aromatic rings. The van der Waals surface area contributed by atoms with Crippen LogP contribution in [0.5, 0.6) is 0 Å². The first kappa shape index (κ1) is 20.4. The number of imidazole rings is 1. The maximum Gasteiger partial charge on any atom is 0.242 e. The molecule has 1 aliphatic rings. The fourth-order valence-corrected chi connectivity index (χ4v) is 3.70. The van der Waals surface area contributed by atoms with E-state index in [1.54, 1.807) is 0 Å². The molecule has 152 valence electrons. The zero-order chi connectivity index (χ0) is 19.9. The van der Waals surface area contributed by atoms with E-state index in [1.165, 1.54) is 0 Å². The van der Waals surface area contributed by atoms with Crippen molar-refractivity contribution in [3.05, 3.63) is 30.1 Å². The molecule has 2 amide bonds. The Morgan fingerprint density at radius 3 is 2.61 bits per heavy atom. The average molecular weight is 385 g/mol. The Kier molecular flexibility index (Phi) is 7.06. The first-order valence-corrected chi connectivity index (χ1v) is 10.6. The topological polar surface area (TPSA) is 67.2 Å². The number of nitrogens with zero attached hydrogens (tertiary/aromatic N) is 3. The van der Waals surface area contributed by atoms with Gasteiger partial charge in [-0.3, -0.25) is 9.59 Å². The zero-order valence-corrected chi connectivity index (χ0v) is 17.1. The summed E-state index contributed by atoms with van der Waals surface area (Å²) in [4.78, 5) is 31.0. The standard InChI is InChI=1S/C22H32N4O2/c1-17(2)22(28)23-13-7-3-4-12-20-24-18-10-5-6-11-19(18)26(20)16-21(27)25-14-8-9-15-25/h5-6,10-11,17H,3-4,7-9,12-16H2,1-2H3,(H,23,28). The predicted octanol–water partition coefficient (Wildman–Crippen LogP) is 3.14. The Morgan fingerprint density at radius 1 is 1.11 bits per heavy atom. The van der Waals surface area contributed by atoms with E-state index in [-0.39, 0.29) is 17.7 Å². The van der Waals surface area contributed by atoms with Crippen LogP contribution in [0.4, 0.5) is 0 Å². The molecule has 6 heteroatoms. The van der Waals surface area contributed by atoms with Gasteiger partial charge in [0.05, 0.1) is 11.0 Å². The Morgan fingerprint density at radius 2 is 1.86 bits per heavy atom. The molecular formula is C22H32N4O2. The zero-order valence-electron chi connectivity index (χ0n) is 17.1. The number of rotatable bonds is 9. The number of aryl methyl sites for hydroxylation is 1. The Bertz CT molecular complexity index is 806. The summed E-state index contributed by atoms with van der Waals surface area (Å²) >= 11 is 0. The molecular weight excluding hydrogens is 352 g/mol. The lowest BCUT2D eigenvalue weighted by molar-refractivity contribution is -0.130. The summed E-state index contributed by atoms with van der Waals surface area (Å²) in [6, 6.07) is 8.05. The Labute approximate surface area is 167 Å². The average Bonchev–Trinajstić information content (AvgIpc) is 3.33. The van der Waals surface area contributed by atoms with E-state index >= 15 is 0 Å². The van der Waals surface area contributed by atoms with Crippen LogP contribution < -0.4 is 5.32 Å². The lowest BCUT2D eigenvalue weighted by Crippen LogP contribution is -2.31. The summed E-state index contributed by atoms with van der Waals surface area (Å²) in [5, 5.41) is 2.96. The molecule has 0 atom stereocenters. The van der Waals surface area contributed by atoms with Gasteiger partial charge in [0.1, 0.15) is 12.4 Å². The molecule has 0 radical (unpaired) electrons. The van der Waals surface area contributed by atoms with Crippen molar-refractivity contribution in [3.8, 4) is 0 Å². The molecule has 0 spiro atoms. The van der Waals surface area contributed by atoms with Crippen molar-refractivity contribution in [3.63, 3.8) is 0 Å². The van der Waals surface area contributed by atoms with Crippen LogP contribution in [-0.4, -0.2) is 45.9 Å². The molecule has 0 bridgehead atoms. The number of hydrogen-bond donors (Lipinski definition) is 1. The molecule has 1 saturated heterocycles. The summed E-state index contributed by atoms with van der Waals surface area (Å²) in [5.74, 6) is 1.33. The second-order valence-electron chi connectivity index (χ2n) is 7.95. The van der Waals surface area contributed by atoms with Crippen LogP contribution in [0.3, 0.4) is 0 Å². The van der Waals surface area contributed by atoms with E-state index in [2.05, 4.69) is 9.88 Å². The van der Waals surface area contributed by atoms with E-state index in [1.807, 2.05) is 43.0 Å². The maximum absolute atomic E-state index is 12.7. The number of aromatic nitrogens is 2. The number of unbranched alkanes of at least 4 members (excludes halogenated alkanes) is 2. The smallest absolute Gasteiger partial charge is 0.242 e. The van der Waals surface area contributed by atoms with E-state index in [4.69, 9.17) is 4.98 Å². The van der Waals surface area contributed by atoms with Crippen molar-refractivity contribution in [1.82, 2.24) is 19.8 Å². The maximum atomic E-state index is 12.7. The van der Waals surface area contributed by atoms with Crippen molar-refractivity contribution in [2.24, 2.45) is 5.92 Å². The highest BCUT2D eigenvalue weighted by Crippen LogP contribution is 2.19. The van der Waals surface area contributed by atoms with Gasteiger partial charge in [0.25, 0.3) is 0 Å². The first-order valence-electron chi connectivity index (χ1n) is 10.6. The van der Waals surface area contributed by atoms with Crippen LogP contribution in [0, 0.1) is 5.92 Å². The molecule has 0 aliphatic carbocycles. The van der Waals surface area contributed by atoms with Crippen LogP contribution in [0.15, 0.2) is 24.3 Å². The highest BCUT2D eigenvalue weighted by molar-refractivity contribution is 5.81. The normalized spacial score (nSPS) is 14.2. The monoisotopic (exact) mass is 384 g/mol. The molecule has 0 unspecified atom stereocenters. The van der Waals surface area contributed by atoms with Gasteiger partial charge in [0.2, 0.25) is 11.8 Å². The molecule has 1 aromatic carbocycles. The van der Waals surface area contributed by atoms with Crippen molar-refractivity contribution < 1.29 is 9.59 Å². The number of para-hydroxylation sites is 2. The third kappa shape index (κ3) is 5.12. The highest BCUT2D eigenvalue weighted by atomic mass is 16.2. The van der Waals surface area contributed by atoms with Gasteiger partial charge < -0.3 is 14.8 Å². The van der Waals surface area contributed by atoms with E-state index in [0.717, 1.165) is 75.0 Å². The summed E-state index contributed by atoms with van der Waals surface area (Å²) in [6.07, 6.45) is 6.05. The number of carbonyl (C=O) groups excluding carboxylic acids is 2. The number of carbonyl (C=O) groups is 2. The van der Waals surface area contributed by atoms with Gasteiger partial charge in [0, 0.05) is 32.0 Å². The van der Waals surface area contributed by atoms with Crippen LogP contribution in [0.2, 0.25) is 0 Å². The fraction of sp³-hybridized carbons (Fsp3) is 0.591. The Balaban J connectivity index is 1.57. The van der Waals surface area contributed by atoms with Crippen molar-refractivity contribution in [2.75, 3.05) is 19.6 Å². The molecule has 6 nitrogen and oxygen atoms in total. The molecule has 1 fully saturated rings. The lowest BCUT2D eigenvalue weighted by atomic mass is 10.1. The van der Waals surface area contributed by atoms with Crippen LogP contribution in [0.25, 0.3) is 11.0 Å². The van der Waals surface area contributed by atoms with E-state index < -0.39 is 0 Å². The fourth-order valence-electron chi connectivity index (χ4n) is 3.70. The molecule has 0 saturated carbocycles. The van der Waals surface area contributed by atoms with Gasteiger partial charge in [-0.15, -0.1) is 0 Å². The minimum atomic E-state index is 0.0352. The largest absolute Gasteiger partial charge is 0.356 e. The summed E-state index contributed by atoms with van der Waals surface area (Å²) in [6.45, 7) is 6.67. The second kappa shape index (κ2) is 9.71. The van der Waals surface area contributed by atoms with Gasteiger partial charge in [-0.05, 0) is 37.8 Å². The number of hydrogen-bond acceptors (Lipinski definition) is 3. The van der Waals surface area contributed by atoms with Gasteiger partial charge in [-0.1, -0.05) is 32.4 Å². The molecule has 28 heavy (non-hydrogen) atoms. The van der Waals surface area contributed by atoms with Crippen molar-refractivity contribution >= 4 is 22.8 Å². The van der Waals surface area contributed by atoms with Gasteiger partial charge >= 0.3 is 0 Å². The molecule has 1 N–H and O–H groups in total. The predicted molar refractivity (Wildman–Crippen MR) is 111 cm³/mol. The molecule has 1 aliphatic heterocycles. The van der Waals surface area contributed by atoms with Gasteiger partial charge in [-0.25, -0.2) is 4.98 Å². The van der Waals surface area contributed by atoms with Crippen molar-refractivity contribution in [2.45, 2.75) is 58.9 Å². The van der Waals surface area contributed by atoms with Crippen LogP contribution in [0.1, 0.15) is 51.8 Å². The SMILES string of the molecule is CC(C)C(=O)NCCCCCc1nc2ccccc2n1CC(=O)N1CCCC1. The quantitative estimate of drug-likeness (QED) is 0.676. The van der Waals surface area contributed by atoms with Gasteiger partial charge in [-0.2, -0.15) is 0 Å². The number of likely N-dealkylation sites (tertiary alicyclic amines) is 1. The summed E-state index contributed by atoms with van der Waals surface area (Å²) < 4.78 is 2.09. The number of fused-ring (bicyclic) bond motifs is 1. The minimum absolute atomic E-state index is 0.0352. The second-order valence-corrected chi connectivity index (χ2v) is 7.95. The molecule has 3 rings (SSSR count). The molecule has 1 aromatic heterocycles.